The number of pyridine rings is 1. The largest absolute Gasteiger partial charge is 0.336 e. The highest BCUT2D eigenvalue weighted by molar-refractivity contribution is 9.10. The molecule has 1 atom stereocenters. The van der Waals surface area contributed by atoms with Gasteiger partial charge in [0.15, 0.2) is 0 Å². The topological polar surface area (TPSA) is 45.5 Å². The van der Waals surface area contributed by atoms with Gasteiger partial charge in [-0.05, 0) is 36.0 Å². The molecule has 0 bridgehead atoms. The Hall–Kier alpha value is -1.14. The molecule has 1 aliphatic heterocycles. The molecule has 0 N–H and O–H groups in total. The molecule has 0 aromatic carbocycles. The number of hydrogen-bond acceptors (Lipinski definition) is 3. The molecule has 1 aliphatic rings. The van der Waals surface area contributed by atoms with E-state index in [1.165, 1.54) is 10.6 Å². The Bertz CT molecular complexity index is 529. The van der Waals surface area contributed by atoms with Crippen molar-refractivity contribution in [3.63, 3.8) is 0 Å². The van der Waals surface area contributed by atoms with Gasteiger partial charge in [-0.15, -0.1) is 0 Å². The Balaban J connectivity index is 2.09. The number of nitrogens with zero attached hydrogens (tertiary/aromatic N) is 3. The van der Waals surface area contributed by atoms with Crippen LogP contribution in [0.15, 0.2) is 27.6 Å². The minimum atomic E-state index is -0.154. The van der Waals surface area contributed by atoms with E-state index in [9.17, 15) is 9.59 Å². The lowest BCUT2D eigenvalue weighted by atomic mass is 10.2. The van der Waals surface area contributed by atoms with Crippen LogP contribution in [0, 0.1) is 0 Å². The molecule has 0 aliphatic carbocycles. The summed E-state index contributed by atoms with van der Waals surface area (Å²) in [6.45, 7) is 4.62. The summed E-state index contributed by atoms with van der Waals surface area (Å²) in [5.74, 6) is 0.000741. The fourth-order valence-electron chi connectivity index (χ4n) is 2.37. The van der Waals surface area contributed by atoms with Gasteiger partial charge in [0.05, 0.1) is 0 Å². The van der Waals surface area contributed by atoms with E-state index in [1.807, 2.05) is 11.8 Å². The molecule has 5 nitrogen and oxygen atoms in total. The summed E-state index contributed by atoms with van der Waals surface area (Å²) in [6.07, 6.45) is 1.65. The summed E-state index contributed by atoms with van der Waals surface area (Å²) in [5, 5.41) is 0. The average Bonchev–Trinajstić information content (AvgIpc) is 2.33. The van der Waals surface area contributed by atoms with E-state index in [0.29, 0.717) is 0 Å². The van der Waals surface area contributed by atoms with Crippen LogP contribution in [-0.2, 0) is 11.3 Å². The Labute approximate surface area is 120 Å². The van der Waals surface area contributed by atoms with E-state index in [1.54, 1.807) is 12.3 Å². The van der Waals surface area contributed by atoms with Gasteiger partial charge in [-0.25, -0.2) is 0 Å². The minimum Gasteiger partial charge on any atom is -0.336 e. The van der Waals surface area contributed by atoms with Crippen molar-refractivity contribution in [3.05, 3.63) is 33.2 Å². The lowest BCUT2D eigenvalue weighted by Gasteiger charge is -2.38. The third-order valence-corrected chi connectivity index (χ3v) is 3.87. The SMILES string of the molecule is CC1CN(C)CCN1C(=O)Cn1cc(Br)ccc1=O. The molecule has 2 heterocycles. The van der Waals surface area contributed by atoms with Crippen LogP contribution in [0.5, 0.6) is 0 Å². The highest BCUT2D eigenvalue weighted by Crippen LogP contribution is 2.10. The molecule has 1 unspecified atom stereocenters. The number of halogens is 1. The maximum absolute atomic E-state index is 12.3. The molecule has 0 saturated carbocycles. The Morgan fingerprint density at radius 3 is 2.84 bits per heavy atom. The summed E-state index contributed by atoms with van der Waals surface area (Å²) < 4.78 is 2.24. The smallest absolute Gasteiger partial charge is 0.251 e. The first-order valence-corrected chi connectivity index (χ1v) is 7.10. The number of likely N-dealkylation sites (N-methyl/N-ethyl adjacent to an activating group) is 1. The summed E-state index contributed by atoms with van der Waals surface area (Å²) in [5.41, 5.74) is -0.154. The molecule has 1 amide bonds. The van der Waals surface area contributed by atoms with Crippen LogP contribution in [0.4, 0.5) is 0 Å². The lowest BCUT2D eigenvalue weighted by Crippen LogP contribution is -2.53. The van der Waals surface area contributed by atoms with Gasteiger partial charge in [-0.1, -0.05) is 0 Å². The quantitative estimate of drug-likeness (QED) is 0.806. The molecule has 1 aromatic heterocycles. The second kappa shape index (κ2) is 5.88. The third kappa shape index (κ3) is 3.45. The highest BCUT2D eigenvalue weighted by atomic mass is 79.9. The monoisotopic (exact) mass is 327 g/mol. The van der Waals surface area contributed by atoms with Gasteiger partial charge in [0.1, 0.15) is 6.54 Å². The molecule has 0 radical (unpaired) electrons. The number of carbonyl (C=O) groups excluding carboxylic acids is 1. The van der Waals surface area contributed by atoms with Crippen LogP contribution in [0.2, 0.25) is 0 Å². The lowest BCUT2D eigenvalue weighted by molar-refractivity contribution is -0.136. The van der Waals surface area contributed by atoms with Crippen molar-refractivity contribution in [1.82, 2.24) is 14.4 Å². The fourth-order valence-corrected chi connectivity index (χ4v) is 2.75. The molecule has 1 fully saturated rings. The van der Waals surface area contributed by atoms with Crippen molar-refractivity contribution in [1.29, 1.82) is 0 Å². The van der Waals surface area contributed by atoms with E-state index in [0.717, 1.165) is 24.1 Å². The maximum atomic E-state index is 12.3. The average molecular weight is 328 g/mol. The number of amides is 1. The van der Waals surface area contributed by atoms with Crippen molar-refractivity contribution in [2.24, 2.45) is 0 Å². The zero-order valence-electron chi connectivity index (χ0n) is 11.2. The van der Waals surface area contributed by atoms with Crippen molar-refractivity contribution >= 4 is 21.8 Å². The van der Waals surface area contributed by atoms with Crippen LogP contribution >= 0.6 is 15.9 Å². The molecule has 1 saturated heterocycles. The summed E-state index contributed by atoms with van der Waals surface area (Å²) >= 11 is 3.31. The van der Waals surface area contributed by atoms with E-state index in [-0.39, 0.29) is 24.1 Å². The number of piperazine rings is 1. The molecule has 104 valence electrons. The van der Waals surface area contributed by atoms with Crippen molar-refractivity contribution in [3.8, 4) is 0 Å². The Morgan fingerprint density at radius 1 is 1.42 bits per heavy atom. The fraction of sp³-hybridized carbons (Fsp3) is 0.538. The zero-order chi connectivity index (χ0) is 14.0. The third-order valence-electron chi connectivity index (χ3n) is 3.40. The molecule has 6 heteroatoms. The number of aromatic nitrogens is 1. The highest BCUT2D eigenvalue weighted by Gasteiger charge is 2.25. The molecular weight excluding hydrogens is 310 g/mol. The van der Waals surface area contributed by atoms with E-state index >= 15 is 0 Å². The summed E-state index contributed by atoms with van der Waals surface area (Å²) in [7, 11) is 2.05. The van der Waals surface area contributed by atoms with Gasteiger partial charge in [0.25, 0.3) is 5.56 Å². The van der Waals surface area contributed by atoms with Crippen LogP contribution in [0.3, 0.4) is 0 Å². The van der Waals surface area contributed by atoms with Gasteiger partial charge in [-0.3, -0.25) is 9.59 Å². The van der Waals surface area contributed by atoms with Crippen LogP contribution in [-0.4, -0.2) is 53.0 Å². The van der Waals surface area contributed by atoms with E-state index < -0.39 is 0 Å². The minimum absolute atomic E-state index is 0.000741. The van der Waals surface area contributed by atoms with Crippen LogP contribution < -0.4 is 5.56 Å². The molecule has 1 aromatic rings. The normalized spacial score (nSPS) is 20.6. The Kier molecular flexibility index (Phi) is 4.42. The predicted molar refractivity (Wildman–Crippen MR) is 77.1 cm³/mol. The summed E-state index contributed by atoms with van der Waals surface area (Å²) in [4.78, 5) is 28.0. The first-order chi connectivity index (χ1) is 8.97. The molecular formula is C13H18BrN3O2. The first-order valence-electron chi connectivity index (χ1n) is 6.31. The van der Waals surface area contributed by atoms with Crippen molar-refractivity contribution < 1.29 is 4.79 Å². The Morgan fingerprint density at radius 2 is 2.16 bits per heavy atom. The van der Waals surface area contributed by atoms with Gasteiger partial charge in [0, 0.05) is 42.4 Å². The van der Waals surface area contributed by atoms with Crippen molar-refractivity contribution in [2.45, 2.75) is 19.5 Å². The number of hydrogen-bond donors (Lipinski definition) is 0. The van der Waals surface area contributed by atoms with Gasteiger partial charge >= 0.3 is 0 Å². The van der Waals surface area contributed by atoms with E-state index in [2.05, 4.69) is 27.9 Å². The molecule has 2 rings (SSSR count). The van der Waals surface area contributed by atoms with Crippen molar-refractivity contribution in [2.75, 3.05) is 26.7 Å². The van der Waals surface area contributed by atoms with E-state index in [4.69, 9.17) is 0 Å². The second-order valence-corrected chi connectivity index (χ2v) is 5.93. The summed E-state index contributed by atoms with van der Waals surface area (Å²) in [6, 6.07) is 3.33. The van der Waals surface area contributed by atoms with Gasteiger partial charge < -0.3 is 14.4 Å². The van der Waals surface area contributed by atoms with Gasteiger partial charge in [0.2, 0.25) is 5.91 Å². The first kappa shape index (κ1) is 14.3. The van der Waals surface area contributed by atoms with Crippen LogP contribution in [0.25, 0.3) is 0 Å². The van der Waals surface area contributed by atoms with Crippen LogP contribution in [0.1, 0.15) is 6.92 Å². The molecule has 0 spiro atoms. The molecule has 19 heavy (non-hydrogen) atoms. The predicted octanol–water partition coefficient (Wildman–Crippen LogP) is 0.773. The standard InChI is InChI=1S/C13H18BrN3O2/c1-10-7-15(2)5-6-17(10)13(19)9-16-8-11(14)3-4-12(16)18/h3-4,8,10H,5-7,9H2,1-2H3. The number of carbonyl (C=O) groups is 1. The zero-order valence-corrected chi connectivity index (χ0v) is 12.8. The maximum Gasteiger partial charge on any atom is 0.251 e. The number of rotatable bonds is 2. The second-order valence-electron chi connectivity index (χ2n) is 5.01. The van der Waals surface area contributed by atoms with Gasteiger partial charge in [-0.2, -0.15) is 0 Å².